The molecule has 0 radical (unpaired) electrons. The highest BCUT2D eigenvalue weighted by atomic mass is 32.1. The highest BCUT2D eigenvalue weighted by Crippen LogP contribution is 2.20. The van der Waals surface area contributed by atoms with Crippen LogP contribution in [0.3, 0.4) is 0 Å². The van der Waals surface area contributed by atoms with E-state index in [2.05, 4.69) is 9.97 Å². The Kier molecular flexibility index (Phi) is 2.41. The Morgan fingerprint density at radius 3 is 3.06 bits per heavy atom. The van der Waals surface area contributed by atoms with E-state index in [1.54, 1.807) is 16.0 Å². The molecule has 0 unspecified atom stereocenters. The lowest BCUT2D eigenvalue weighted by Gasteiger charge is -2.04. The van der Waals surface area contributed by atoms with Gasteiger partial charge in [0.1, 0.15) is 5.82 Å². The van der Waals surface area contributed by atoms with Crippen molar-refractivity contribution in [1.29, 1.82) is 0 Å². The van der Waals surface area contributed by atoms with E-state index in [9.17, 15) is 9.18 Å². The molecule has 0 aliphatic heterocycles. The van der Waals surface area contributed by atoms with Crippen molar-refractivity contribution >= 4 is 28.3 Å². The van der Waals surface area contributed by atoms with Crippen LogP contribution in [0.1, 0.15) is 5.69 Å². The van der Waals surface area contributed by atoms with Crippen molar-refractivity contribution in [3.63, 3.8) is 0 Å². The van der Waals surface area contributed by atoms with Crippen LogP contribution in [0.25, 0.3) is 11.0 Å². The Labute approximate surface area is 105 Å². The second kappa shape index (κ2) is 3.95. The molecule has 18 heavy (non-hydrogen) atoms. The smallest absolute Gasteiger partial charge is 0.304 e. The number of nitrogens with two attached hydrogens (primary N) is 1. The molecule has 0 fully saturated rings. The molecule has 5 nitrogen and oxygen atoms in total. The second-order valence-corrected chi connectivity index (χ2v) is 4.70. The van der Waals surface area contributed by atoms with Crippen molar-refractivity contribution in [2.75, 3.05) is 5.73 Å². The molecule has 0 spiro atoms. The van der Waals surface area contributed by atoms with E-state index in [0.29, 0.717) is 23.5 Å². The molecule has 1 aromatic carbocycles. The van der Waals surface area contributed by atoms with Gasteiger partial charge in [-0.25, -0.2) is 9.37 Å². The van der Waals surface area contributed by atoms with Crippen LogP contribution in [0, 0.1) is 5.82 Å². The van der Waals surface area contributed by atoms with Crippen LogP contribution in [0.4, 0.5) is 10.3 Å². The molecule has 92 valence electrons. The quantitative estimate of drug-likeness (QED) is 0.737. The lowest BCUT2D eigenvalue weighted by molar-refractivity contribution is 0.628. The molecule has 3 rings (SSSR count). The Hall–Kier alpha value is -2.15. The summed E-state index contributed by atoms with van der Waals surface area (Å²) in [4.78, 5) is 17.8. The zero-order valence-electron chi connectivity index (χ0n) is 9.18. The van der Waals surface area contributed by atoms with Gasteiger partial charge in [0.05, 0.1) is 17.6 Å². The van der Waals surface area contributed by atoms with Gasteiger partial charge in [0.15, 0.2) is 0 Å². The van der Waals surface area contributed by atoms with Gasteiger partial charge in [-0.1, -0.05) is 11.3 Å². The second-order valence-electron chi connectivity index (χ2n) is 3.86. The molecule has 0 amide bonds. The standard InChI is InChI=1S/C11H9FN4OS/c12-6-1-2-8-9(3-6)16(10(13)15-8)4-7-5-18-11(17)14-7/h1-3,5H,4H2,(H2,13,15)(H,14,17). The van der Waals surface area contributed by atoms with Gasteiger partial charge in [-0.15, -0.1) is 0 Å². The molecule has 0 atom stereocenters. The average molecular weight is 264 g/mol. The summed E-state index contributed by atoms with van der Waals surface area (Å²) in [7, 11) is 0. The maximum absolute atomic E-state index is 13.2. The number of aromatic nitrogens is 3. The minimum absolute atomic E-state index is 0.126. The van der Waals surface area contributed by atoms with Crippen LogP contribution in [-0.4, -0.2) is 14.5 Å². The van der Waals surface area contributed by atoms with Crippen molar-refractivity contribution in [1.82, 2.24) is 14.5 Å². The van der Waals surface area contributed by atoms with Crippen LogP contribution in [0.5, 0.6) is 0 Å². The van der Waals surface area contributed by atoms with E-state index in [1.807, 2.05) is 0 Å². The summed E-state index contributed by atoms with van der Waals surface area (Å²) in [6, 6.07) is 4.29. The topological polar surface area (TPSA) is 76.7 Å². The third kappa shape index (κ3) is 1.78. The number of aromatic amines is 1. The molecule has 0 bridgehead atoms. The van der Waals surface area contributed by atoms with Crippen molar-refractivity contribution in [2.45, 2.75) is 6.54 Å². The molecule has 0 aliphatic rings. The van der Waals surface area contributed by atoms with Crippen molar-refractivity contribution in [3.05, 3.63) is 44.8 Å². The lowest BCUT2D eigenvalue weighted by Crippen LogP contribution is -2.06. The first-order valence-corrected chi connectivity index (χ1v) is 6.09. The number of fused-ring (bicyclic) bond motifs is 1. The molecule has 0 saturated carbocycles. The first-order chi connectivity index (χ1) is 8.63. The molecule has 0 aliphatic carbocycles. The van der Waals surface area contributed by atoms with E-state index < -0.39 is 0 Å². The van der Waals surface area contributed by atoms with Crippen molar-refractivity contribution in [3.8, 4) is 0 Å². The number of thiazole rings is 1. The number of hydrogen-bond donors (Lipinski definition) is 2. The number of nitrogens with one attached hydrogen (secondary N) is 1. The highest BCUT2D eigenvalue weighted by molar-refractivity contribution is 7.07. The van der Waals surface area contributed by atoms with Gasteiger partial charge < -0.3 is 15.3 Å². The lowest BCUT2D eigenvalue weighted by atomic mass is 10.3. The molecule has 3 aromatic rings. The van der Waals surface area contributed by atoms with Crippen molar-refractivity contribution in [2.24, 2.45) is 0 Å². The summed E-state index contributed by atoms with van der Waals surface area (Å²) in [6.07, 6.45) is 0. The first-order valence-electron chi connectivity index (χ1n) is 5.21. The number of benzene rings is 1. The average Bonchev–Trinajstić information content (AvgIpc) is 2.86. The van der Waals surface area contributed by atoms with Gasteiger partial charge >= 0.3 is 4.87 Å². The number of H-pyrrole nitrogens is 1. The number of nitrogens with zero attached hydrogens (tertiary/aromatic N) is 2. The summed E-state index contributed by atoms with van der Waals surface area (Å²) in [6.45, 7) is 0.366. The molecule has 7 heteroatoms. The number of halogens is 1. The predicted molar refractivity (Wildman–Crippen MR) is 68.1 cm³/mol. The third-order valence-electron chi connectivity index (χ3n) is 2.64. The summed E-state index contributed by atoms with van der Waals surface area (Å²) in [5.74, 6) is -0.0508. The Balaban J connectivity index is 2.13. The van der Waals surface area contributed by atoms with Gasteiger partial charge in [-0.3, -0.25) is 4.79 Å². The fourth-order valence-corrected chi connectivity index (χ4v) is 2.42. The fraction of sp³-hybridized carbons (Fsp3) is 0.0909. The maximum atomic E-state index is 13.2. The van der Waals surface area contributed by atoms with Gasteiger partial charge in [0, 0.05) is 11.1 Å². The van der Waals surface area contributed by atoms with E-state index in [4.69, 9.17) is 5.73 Å². The molecule has 2 heterocycles. The van der Waals surface area contributed by atoms with Crippen LogP contribution in [0.15, 0.2) is 28.4 Å². The van der Waals surface area contributed by atoms with E-state index >= 15 is 0 Å². The van der Waals surface area contributed by atoms with E-state index in [0.717, 1.165) is 17.0 Å². The zero-order chi connectivity index (χ0) is 12.7. The Morgan fingerprint density at radius 2 is 2.33 bits per heavy atom. The number of imidazole rings is 1. The predicted octanol–water partition coefficient (Wildman–Crippen LogP) is 1.56. The fourth-order valence-electron chi connectivity index (χ4n) is 1.84. The molecular formula is C11H9FN4OS. The van der Waals surface area contributed by atoms with Gasteiger partial charge in [-0.2, -0.15) is 0 Å². The van der Waals surface area contributed by atoms with Gasteiger partial charge in [0.25, 0.3) is 0 Å². The first kappa shape index (κ1) is 11.0. The summed E-state index contributed by atoms with van der Waals surface area (Å²) >= 11 is 1.08. The normalized spacial score (nSPS) is 11.2. The minimum atomic E-state index is -0.345. The Bertz CT molecular complexity index is 773. The maximum Gasteiger partial charge on any atom is 0.304 e. The number of anilines is 1. The van der Waals surface area contributed by atoms with Gasteiger partial charge in [0.2, 0.25) is 5.95 Å². The van der Waals surface area contributed by atoms with Crippen LogP contribution >= 0.6 is 11.3 Å². The van der Waals surface area contributed by atoms with Crippen molar-refractivity contribution < 1.29 is 4.39 Å². The van der Waals surface area contributed by atoms with E-state index in [1.165, 1.54) is 12.1 Å². The van der Waals surface area contributed by atoms with Crippen LogP contribution in [-0.2, 0) is 6.54 Å². The van der Waals surface area contributed by atoms with Crippen LogP contribution in [0.2, 0.25) is 0 Å². The number of nitrogen functional groups attached to an aromatic ring is 1. The zero-order valence-corrected chi connectivity index (χ0v) is 10.00. The summed E-state index contributed by atoms with van der Waals surface area (Å²) in [5.41, 5.74) is 7.76. The van der Waals surface area contributed by atoms with Gasteiger partial charge in [-0.05, 0) is 18.2 Å². The SMILES string of the molecule is Nc1nc2ccc(F)cc2n1Cc1csc(=O)[nH]1. The summed E-state index contributed by atoms with van der Waals surface area (Å²) in [5, 5.41) is 1.72. The number of hydrogen-bond acceptors (Lipinski definition) is 4. The number of rotatable bonds is 2. The summed E-state index contributed by atoms with van der Waals surface area (Å²) < 4.78 is 14.9. The monoisotopic (exact) mass is 264 g/mol. The molecule has 2 aromatic heterocycles. The third-order valence-corrected chi connectivity index (χ3v) is 3.36. The highest BCUT2D eigenvalue weighted by Gasteiger charge is 2.10. The molecular weight excluding hydrogens is 255 g/mol. The Morgan fingerprint density at radius 1 is 1.50 bits per heavy atom. The minimum Gasteiger partial charge on any atom is -0.369 e. The molecule has 0 saturated heterocycles. The largest absolute Gasteiger partial charge is 0.369 e. The molecule has 3 N–H and O–H groups in total. The van der Waals surface area contributed by atoms with E-state index in [-0.39, 0.29) is 10.7 Å². The van der Waals surface area contributed by atoms with Crippen LogP contribution < -0.4 is 10.6 Å².